The van der Waals surface area contributed by atoms with E-state index in [1.165, 1.54) is 6.07 Å². The number of carbonyl (C=O) groups is 1. The van der Waals surface area contributed by atoms with Crippen LogP contribution in [0.3, 0.4) is 0 Å². The van der Waals surface area contributed by atoms with Crippen LogP contribution in [0.4, 0.5) is 11.4 Å². The van der Waals surface area contributed by atoms with Gasteiger partial charge >= 0.3 is 0 Å². The highest BCUT2D eigenvalue weighted by atomic mass is 32.2. The Labute approximate surface area is 183 Å². The molecule has 7 heteroatoms. The molecular weight excluding hydrogens is 412 g/mol. The number of hydrogen-bond donors (Lipinski definition) is 2. The van der Waals surface area contributed by atoms with E-state index in [9.17, 15) is 13.2 Å². The standard InChI is InChI=1S/C24H26N2O4S/c1-4-22(18-8-6-5-7-9-18)24(27)25-20-11-10-17(2)23(16-20)31(28,29)26-19-12-14-21(30-3)15-13-19/h5-16,22,26H,4H2,1-3H3,(H,25,27). The summed E-state index contributed by atoms with van der Waals surface area (Å²) < 4.78 is 33.6. The molecule has 0 radical (unpaired) electrons. The van der Waals surface area contributed by atoms with E-state index in [4.69, 9.17) is 4.74 Å². The zero-order valence-electron chi connectivity index (χ0n) is 17.8. The van der Waals surface area contributed by atoms with Gasteiger partial charge in [-0.1, -0.05) is 43.3 Å². The summed E-state index contributed by atoms with van der Waals surface area (Å²) in [5, 5.41) is 2.86. The van der Waals surface area contributed by atoms with Gasteiger partial charge in [-0.3, -0.25) is 9.52 Å². The minimum absolute atomic E-state index is 0.105. The third-order valence-corrected chi connectivity index (χ3v) is 6.54. The Morgan fingerprint density at radius 2 is 1.61 bits per heavy atom. The van der Waals surface area contributed by atoms with E-state index in [2.05, 4.69) is 10.0 Å². The highest BCUT2D eigenvalue weighted by Crippen LogP contribution is 2.26. The van der Waals surface area contributed by atoms with Crippen molar-refractivity contribution in [2.75, 3.05) is 17.1 Å². The summed E-state index contributed by atoms with van der Waals surface area (Å²) in [5.74, 6) is 0.136. The highest BCUT2D eigenvalue weighted by Gasteiger charge is 2.21. The van der Waals surface area contributed by atoms with Gasteiger partial charge in [0.05, 0.1) is 17.9 Å². The molecule has 1 amide bonds. The Hall–Kier alpha value is -3.32. The molecule has 0 bridgehead atoms. The van der Waals surface area contributed by atoms with Crippen molar-refractivity contribution in [3.8, 4) is 5.75 Å². The third kappa shape index (κ3) is 5.44. The fraction of sp³-hybridized carbons (Fsp3) is 0.208. The van der Waals surface area contributed by atoms with Crippen LogP contribution in [0.2, 0.25) is 0 Å². The second-order valence-corrected chi connectivity index (χ2v) is 8.83. The average molecular weight is 439 g/mol. The van der Waals surface area contributed by atoms with Crippen LogP contribution in [-0.2, 0) is 14.8 Å². The Morgan fingerprint density at radius 3 is 2.23 bits per heavy atom. The number of nitrogens with one attached hydrogen (secondary N) is 2. The largest absolute Gasteiger partial charge is 0.497 e. The van der Waals surface area contributed by atoms with Crippen molar-refractivity contribution < 1.29 is 17.9 Å². The topological polar surface area (TPSA) is 84.5 Å². The van der Waals surface area contributed by atoms with Crippen molar-refractivity contribution in [1.29, 1.82) is 0 Å². The van der Waals surface area contributed by atoms with Crippen LogP contribution in [-0.4, -0.2) is 21.4 Å². The van der Waals surface area contributed by atoms with Crippen molar-refractivity contribution in [3.05, 3.63) is 83.9 Å². The van der Waals surface area contributed by atoms with Crippen molar-refractivity contribution in [2.45, 2.75) is 31.1 Å². The van der Waals surface area contributed by atoms with Gasteiger partial charge in [0.2, 0.25) is 5.91 Å². The number of hydrogen-bond acceptors (Lipinski definition) is 4. The molecule has 31 heavy (non-hydrogen) atoms. The smallest absolute Gasteiger partial charge is 0.262 e. The number of methoxy groups -OCH3 is 1. The molecule has 6 nitrogen and oxygen atoms in total. The van der Waals surface area contributed by atoms with Crippen LogP contribution in [0.5, 0.6) is 5.75 Å². The van der Waals surface area contributed by atoms with Crippen molar-refractivity contribution in [2.24, 2.45) is 0 Å². The molecule has 2 N–H and O–H groups in total. The molecule has 0 aliphatic carbocycles. The van der Waals surface area contributed by atoms with Crippen LogP contribution in [0.1, 0.15) is 30.4 Å². The molecule has 0 spiro atoms. The molecule has 162 valence electrons. The van der Waals surface area contributed by atoms with Gasteiger partial charge in [-0.25, -0.2) is 8.42 Å². The summed E-state index contributed by atoms with van der Waals surface area (Å²) in [7, 11) is -2.30. The molecule has 1 atom stereocenters. The maximum absolute atomic E-state index is 13.0. The van der Waals surface area contributed by atoms with Gasteiger partial charge in [-0.05, 0) is 60.9 Å². The fourth-order valence-corrected chi connectivity index (χ4v) is 4.65. The number of ether oxygens (including phenoxy) is 1. The van der Waals surface area contributed by atoms with Gasteiger partial charge in [-0.2, -0.15) is 0 Å². The molecule has 0 aliphatic heterocycles. The molecule has 0 aliphatic rings. The van der Waals surface area contributed by atoms with Gasteiger partial charge < -0.3 is 10.1 Å². The molecule has 3 aromatic rings. The molecule has 0 saturated heterocycles. The van der Waals surface area contributed by atoms with E-state index in [0.29, 0.717) is 29.1 Å². The number of amides is 1. The predicted molar refractivity (Wildman–Crippen MR) is 123 cm³/mol. The second-order valence-electron chi connectivity index (χ2n) is 7.18. The van der Waals surface area contributed by atoms with Crippen molar-refractivity contribution >= 4 is 27.3 Å². The molecular formula is C24H26N2O4S. The Morgan fingerprint density at radius 1 is 0.968 bits per heavy atom. The average Bonchev–Trinajstić information content (AvgIpc) is 2.76. The summed E-state index contributed by atoms with van der Waals surface area (Å²) in [6, 6.07) is 21.0. The zero-order valence-corrected chi connectivity index (χ0v) is 18.6. The molecule has 3 aromatic carbocycles. The maximum atomic E-state index is 13.0. The van der Waals surface area contributed by atoms with Crippen LogP contribution in [0, 0.1) is 6.92 Å². The van der Waals surface area contributed by atoms with Crippen LogP contribution in [0.25, 0.3) is 0 Å². The van der Waals surface area contributed by atoms with E-state index >= 15 is 0 Å². The first-order valence-electron chi connectivity index (χ1n) is 9.97. The summed E-state index contributed by atoms with van der Waals surface area (Å²) in [4.78, 5) is 13.0. The maximum Gasteiger partial charge on any atom is 0.262 e. The third-order valence-electron chi connectivity index (χ3n) is 5.01. The normalized spacial score (nSPS) is 12.1. The number of rotatable bonds is 8. The molecule has 0 fully saturated rings. The van der Waals surface area contributed by atoms with E-state index < -0.39 is 10.0 Å². The lowest BCUT2D eigenvalue weighted by Gasteiger charge is -2.17. The number of carbonyl (C=O) groups excluding carboxylic acids is 1. The van der Waals surface area contributed by atoms with Crippen LogP contribution >= 0.6 is 0 Å². The lowest BCUT2D eigenvalue weighted by atomic mass is 9.95. The first-order chi connectivity index (χ1) is 14.8. The van der Waals surface area contributed by atoms with Crippen molar-refractivity contribution in [3.63, 3.8) is 0 Å². The monoisotopic (exact) mass is 438 g/mol. The molecule has 1 unspecified atom stereocenters. The minimum atomic E-state index is -3.84. The van der Waals surface area contributed by atoms with Crippen molar-refractivity contribution in [1.82, 2.24) is 0 Å². The second kappa shape index (κ2) is 9.66. The number of sulfonamides is 1. The van der Waals surface area contributed by atoms with Crippen LogP contribution in [0.15, 0.2) is 77.7 Å². The SMILES string of the molecule is CCC(C(=O)Nc1ccc(C)c(S(=O)(=O)Nc2ccc(OC)cc2)c1)c1ccccc1. The van der Waals surface area contributed by atoms with E-state index in [1.807, 2.05) is 37.3 Å². The fourth-order valence-electron chi connectivity index (χ4n) is 3.32. The lowest BCUT2D eigenvalue weighted by Crippen LogP contribution is -2.21. The molecule has 0 saturated carbocycles. The number of benzene rings is 3. The molecule has 3 rings (SSSR count). The zero-order chi connectivity index (χ0) is 22.4. The van der Waals surface area contributed by atoms with E-state index in [1.54, 1.807) is 50.4 Å². The summed E-state index contributed by atoms with van der Waals surface area (Å²) in [6.45, 7) is 3.66. The quantitative estimate of drug-likeness (QED) is 0.522. The predicted octanol–water partition coefficient (Wildman–Crippen LogP) is 4.94. The first kappa shape index (κ1) is 22.4. The Bertz CT molecular complexity index is 1140. The molecule has 0 aromatic heterocycles. The van der Waals surface area contributed by atoms with Gasteiger partial charge in [-0.15, -0.1) is 0 Å². The Balaban J connectivity index is 1.82. The first-order valence-corrected chi connectivity index (χ1v) is 11.5. The van der Waals surface area contributed by atoms with E-state index in [0.717, 1.165) is 5.56 Å². The summed E-state index contributed by atoms with van der Waals surface area (Å²) in [5.41, 5.74) is 2.35. The Kier molecular flexibility index (Phi) is 6.97. The van der Waals surface area contributed by atoms with Gasteiger partial charge in [0.15, 0.2) is 0 Å². The van der Waals surface area contributed by atoms with Crippen LogP contribution < -0.4 is 14.8 Å². The lowest BCUT2D eigenvalue weighted by molar-refractivity contribution is -0.117. The number of aryl methyl sites for hydroxylation is 1. The van der Waals surface area contributed by atoms with Gasteiger partial charge in [0, 0.05) is 11.4 Å². The van der Waals surface area contributed by atoms with Gasteiger partial charge in [0.1, 0.15) is 5.75 Å². The minimum Gasteiger partial charge on any atom is -0.497 e. The summed E-state index contributed by atoms with van der Waals surface area (Å²) in [6.07, 6.45) is 0.631. The molecule has 0 heterocycles. The van der Waals surface area contributed by atoms with E-state index in [-0.39, 0.29) is 16.7 Å². The number of anilines is 2. The highest BCUT2D eigenvalue weighted by molar-refractivity contribution is 7.92. The summed E-state index contributed by atoms with van der Waals surface area (Å²) >= 11 is 0. The van der Waals surface area contributed by atoms with Gasteiger partial charge in [0.25, 0.3) is 10.0 Å².